The van der Waals surface area contributed by atoms with Crippen molar-refractivity contribution >= 4 is 15.5 Å². The van der Waals surface area contributed by atoms with Crippen molar-refractivity contribution in [2.75, 3.05) is 5.32 Å². The Morgan fingerprint density at radius 2 is 1.90 bits per heavy atom. The summed E-state index contributed by atoms with van der Waals surface area (Å²) in [4.78, 5) is -0.390. The van der Waals surface area contributed by atoms with E-state index in [1.54, 1.807) is 17.9 Å². The Labute approximate surface area is 115 Å². The predicted molar refractivity (Wildman–Crippen MR) is 70.2 cm³/mol. The van der Waals surface area contributed by atoms with E-state index in [4.69, 9.17) is 0 Å². The SMILES string of the molecule is Cn1nccc1CNc1ccc(S(=O)(=O)C(F)F)cc1. The number of nitrogens with one attached hydrogen (secondary N) is 1. The summed E-state index contributed by atoms with van der Waals surface area (Å²) in [5, 5.41) is 7.06. The number of rotatable bonds is 5. The first-order valence-electron chi connectivity index (χ1n) is 5.74. The molecule has 108 valence electrons. The second-order valence-electron chi connectivity index (χ2n) is 4.13. The molecule has 0 amide bonds. The van der Waals surface area contributed by atoms with Gasteiger partial charge in [0.2, 0.25) is 9.84 Å². The summed E-state index contributed by atoms with van der Waals surface area (Å²) in [5.41, 5.74) is 1.58. The van der Waals surface area contributed by atoms with Crippen LogP contribution >= 0.6 is 0 Å². The van der Waals surface area contributed by atoms with Crippen molar-refractivity contribution in [2.24, 2.45) is 7.05 Å². The van der Waals surface area contributed by atoms with Crippen LogP contribution in [-0.2, 0) is 23.4 Å². The Hall–Kier alpha value is -1.96. The van der Waals surface area contributed by atoms with Gasteiger partial charge in [-0.2, -0.15) is 13.9 Å². The van der Waals surface area contributed by atoms with E-state index in [0.29, 0.717) is 12.2 Å². The predicted octanol–water partition coefficient (Wildman–Crippen LogP) is 2.03. The smallest absolute Gasteiger partial charge is 0.341 e. The van der Waals surface area contributed by atoms with E-state index >= 15 is 0 Å². The Morgan fingerprint density at radius 3 is 2.40 bits per heavy atom. The zero-order chi connectivity index (χ0) is 14.8. The van der Waals surface area contributed by atoms with E-state index in [1.807, 2.05) is 6.07 Å². The molecule has 1 heterocycles. The summed E-state index contributed by atoms with van der Waals surface area (Å²) in [6, 6.07) is 7.06. The molecule has 0 atom stereocenters. The summed E-state index contributed by atoms with van der Waals surface area (Å²) in [7, 11) is -2.73. The largest absolute Gasteiger partial charge is 0.379 e. The maximum absolute atomic E-state index is 12.4. The van der Waals surface area contributed by atoms with Gasteiger partial charge in [0.15, 0.2) is 0 Å². The molecule has 1 aromatic heterocycles. The summed E-state index contributed by atoms with van der Waals surface area (Å²) < 4.78 is 48.9. The number of nitrogens with zero attached hydrogens (tertiary/aromatic N) is 2. The summed E-state index contributed by atoms with van der Waals surface area (Å²) in [5.74, 6) is -3.41. The molecule has 0 radical (unpaired) electrons. The molecule has 0 aliphatic heterocycles. The molecule has 0 bridgehead atoms. The zero-order valence-corrected chi connectivity index (χ0v) is 11.4. The minimum Gasteiger partial charge on any atom is -0.379 e. The third-order valence-electron chi connectivity index (χ3n) is 2.81. The van der Waals surface area contributed by atoms with Gasteiger partial charge < -0.3 is 5.32 Å². The first kappa shape index (κ1) is 14.4. The highest BCUT2D eigenvalue weighted by Crippen LogP contribution is 2.20. The fourth-order valence-corrected chi connectivity index (χ4v) is 2.35. The molecular weight excluding hydrogens is 288 g/mol. The molecule has 0 saturated heterocycles. The normalized spacial score (nSPS) is 11.8. The standard InChI is InChI=1S/C12H13F2N3O2S/c1-17-10(6-7-16-17)8-15-9-2-4-11(5-3-9)20(18,19)12(13)14/h2-7,12,15H,8H2,1H3. The van der Waals surface area contributed by atoms with Crippen molar-refractivity contribution < 1.29 is 17.2 Å². The molecule has 0 aliphatic carbocycles. The van der Waals surface area contributed by atoms with Crippen LogP contribution in [0.5, 0.6) is 0 Å². The average molecular weight is 301 g/mol. The lowest BCUT2D eigenvalue weighted by atomic mass is 10.3. The number of sulfone groups is 1. The third-order valence-corrected chi connectivity index (χ3v) is 4.21. The van der Waals surface area contributed by atoms with Gasteiger partial charge in [0.25, 0.3) is 0 Å². The van der Waals surface area contributed by atoms with Crippen molar-refractivity contribution in [3.8, 4) is 0 Å². The zero-order valence-electron chi connectivity index (χ0n) is 10.6. The van der Waals surface area contributed by atoms with E-state index in [9.17, 15) is 17.2 Å². The van der Waals surface area contributed by atoms with Crippen LogP contribution in [0, 0.1) is 0 Å². The number of aromatic nitrogens is 2. The molecule has 8 heteroatoms. The lowest BCUT2D eigenvalue weighted by molar-refractivity contribution is 0.234. The number of benzene rings is 1. The van der Waals surface area contributed by atoms with Crippen LogP contribution in [0.1, 0.15) is 5.69 Å². The lowest BCUT2D eigenvalue weighted by Crippen LogP contribution is -2.11. The fourth-order valence-electron chi connectivity index (χ4n) is 1.63. The lowest BCUT2D eigenvalue weighted by Gasteiger charge is -2.08. The number of anilines is 1. The minimum atomic E-state index is -4.53. The third kappa shape index (κ3) is 2.96. The van der Waals surface area contributed by atoms with Crippen LogP contribution in [0.25, 0.3) is 0 Å². The molecule has 5 nitrogen and oxygen atoms in total. The monoisotopic (exact) mass is 301 g/mol. The van der Waals surface area contributed by atoms with Crippen LogP contribution in [0.2, 0.25) is 0 Å². The van der Waals surface area contributed by atoms with E-state index in [0.717, 1.165) is 17.8 Å². The van der Waals surface area contributed by atoms with Crippen molar-refractivity contribution in [3.05, 3.63) is 42.2 Å². The molecule has 2 aromatic rings. The van der Waals surface area contributed by atoms with Crippen LogP contribution < -0.4 is 5.32 Å². The number of hydrogen-bond donors (Lipinski definition) is 1. The maximum atomic E-state index is 12.4. The van der Waals surface area contributed by atoms with Crippen molar-refractivity contribution in [1.82, 2.24) is 9.78 Å². The molecular formula is C12H13F2N3O2S. The van der Waals surface area contributed by atoms with Crippen molar-refractivity contribution in [2.45, 2.75) is 17.2 Å². The average Bonchev–Trinajstić information content (AvgIpc) is 2.82. The van der Waals surface area contributed by atoms with Gasteiger partial charge >= 0.3 is 5.76 Å². The van der Waals surface area contributed by atoms with Crippen LogP contribution in [0.4, 0.5) is 14.5 Å². The second kappa shape index (κ2) is 5.58. The Kier molecular flexibility index (Phi) is 4.03. The van der Waals surface area contributed by atoms with E-state index in [-0.39, 0.29) is 0 Å². The molecule has 0 fully saturated rings. The van der Waals surface area contributed by atoms with Gasteiger partial charge in [-0.3, -0.25) is 4.68 Å². The van der Waals surface area contributed by atoms with E-state index < -0.39 is 20.5 Å². The molecule has 20 heavy (non-hydrogen) atoms. The first-order valence-corrected chi connectivity index (χ1v) is 7.29. The van der Waals surface area contributed by atoms with Crippen molar-refractivity contribution in [1.29, 1.82) is 0 Å². The molecule has 0 saturated carbocycles. The molecule has 0 aliphatic rings. The van der Waals surface area contributed by atoms with Crippen LogP contribution in [-0.4, -0.2) is 24.0 Å². The molecule has 0 unspecified atom stereocenters. The second-order valence-corrected chi connectivity index (χ2v) is 6.05. The summed E-state index contributed by atoms with van der Waals surface area (Å²) in [6.07, 6.45) is 1.66. The summed E-state index contributed by atoms with van der Waals surface area (Å²) >= 11 is 0. The Morgan fingerprint density at radius 1 is 1.25 bits per heavy atom. The van der Waals surface area contributed by atoms with E-state index in [1.165, 1.54) is 12.1 Å². The van der Waals surface area contributed by atoms with E-state index in [2.05, 4.69) is 10.4 Å². The van der Waals surface area contributed by atoms with Gasteiger partial charge in [0.05, 0.1) is 17.1 Å². The molecule has 2 rings (SSSR count). The Bertz CT molecular complexity index is 681. The topological polar surface area (TPSA) is 64.0 Å². The van der Waals surface area contributed by atoms with Crippen molar-refractivity contribution in [3.63, 3.8) is 0 Å². The number of aryl methyl sites for hydroxylation is 1. The highest BCUT2D eigenvalue weighted by Gasteiger charge is 2.26. The Balaban J connectivity index is 2.08. The van der Waals surface area contributed by atoms with Gasteiger partial charge in [-0.25, -0.2) is 8.42 Å². The molecule has 1 aromatic carbocycles. The highest BCUT2D eigenvalue weighted by atomic mass is 32.2. The first-order chi connectivity index (χ1) is 9.41. The van der Waals surface area contributed by atoms with Gasteiger partial charge in [-0.15, -0.1) is 0 Å². The molecule has 0 spiro atoms. The summed E-state index contributed by atoms with van der Waals surface area (Å²) in [6.45, 7) is 0.497. The fraction of sp³-hybridized carbons (Fsp3) is 0.250. The van der Waals surface area contributed by atoms with Gasteiger partial charge in [-0.1, -0.05) is 0 Å². The van der Waals surface area contributed by atoms with Crippen LogP contribution in [0.3, 0.4) is 0 Å². The number of halogens is 2. The minimum absolute atomic E-state index is 0.390. The van der Waals surface area contributed by atoms with Gasteiger partial charge in [-0.05, 0) is 30.3 Å². The van der Waals surface area contributed by atoms with Crippen LogP contribution in [0.15, 0.2) is 41.4 Å². The van der Waals surface area contributed by atoms with Gasteiger partial charge in [0.1, 0.15) is 0 Å². The number of hydrogen-bond acceptors (Lipinski definition) is 4. The van der Waals surface area contributed by atoms with Gasteiger partial charge in [0, 0.05) is 18.9 Å². The maximum Gasteiger partial charge on any atom is 0.341 e. The quantitative estimate of drug-likeness (QED) is 0.918. The molecule has 1 N–H and O–H groups in total. The highest BCUT2D eigenvalue weighted by molar-refractivity contribution is 7.91. The number of alkyl halides is 2.